The Morgan fingerprint density at radius 2 is 1.80 bits per heavy atom. The predicted octanol–water partition coefficient (Wildman–Crippen LogP) is 1.19. The molecule has 1 aromatic carbocycles. The minimum Gasteiger partial charge on any atom is -0.497 e. The molecular weight excluding hydrogens is 260 g/mol. The van der Waals surface area contributed by atoms with Gasteiger partial charge in [0.1, 0.15) is 5.75 Å². The Labute approximate surface area is 117 Å². The number of primary amides is 1. The van der Waals surface area contributed by atoms with Crippen molar-refractivity contribution >= 4 is 12.0 Å². The Bertz CT molecular complexity index is 504. The van der Waals surface area contributed by atoms with Gasteiger partial charge < -0.3 is 20.5 Å². The Balaban J connectivity index is 2.27. The molecule has 0 radical (unpaired) electrons. The van der Waals surface area contributed by atoms with Crippen molar-refractivity contribution in [3.63, 3.8) is 0 Å². The van der Waals surface area contributed by atoms with Crippen molar-refractivity contribution in [2.45, 2.75) is 18.3 Å². The van der Waals surface area contributed by atoms with E-state index in [1.54, 1.807) is 19.2 Å². The molecule has 0 saturated carbocycles. The molecule has 1 aromatic rings. The minimum atomic E-state index is -0.960. The standard InChI is InChI=1S/C14H18N2O4/c1-20-11-4-2-10(3-5-11)14(12(15)17)6-8-16(9-7-14)13(18)19/h2-5H,6-9H2,1H3,(H2,15,17)(H,18,19). The van der Waals surface area contributed by atoms with E-state index in [1.807, 2.05) is 12.1 Å². The fourth-order valence-electron chi connectivity index (χ4n) is 2.67. The number of piperidine rings is 1. The van der Waals surface area contributed by atoms with Gasteiger partial charge in [0, 0.05) is 13.1 Å². The molecule has 0 bridgehead atoms. The number of hydrogen-bond donors (Lipinski definition) is 2. The van der Waals surface area contributed by atoms with Gasteiger partial charge in [-0.05, 0) is 30.5 Å². The van der Waals surface area contributed by atoms with Gasteiger partial charge in [-0.15, -0.1) is 0 Å². The van der Waals surface area contributed by atoms with Gasteiger partial charge in [-0.3, -0.25) is 4.79 Å². The lowest BCUT2D eigenvalue weighted by Crippen LogP contribution is -2.51. The van der Waals surface area contributed by atoms with E-state index in [4.69, 9.17) is 15.6 Å². The summed E-state index contributed by atoms with van der Waals surface area (Å²) in [6, 6.07) is 7.20. The van der Waals surface area contributed by atoms with Crippen molar-refractivity contribution in [1.82, 2.24) is 4.90 Å². The van der Waals surface area contributed by atoms with Crippen LogP contribution in [0.1, 0.15) is 18.4 Å². The largest absolute Gasteiger partial charge is 0.497 e. The monoisotopic (exact) mass is 278 g/mol. The number of hydrogen-bond acceptors (Lipinski definition) is 3. The fraction of sp³-hybridized carbons (Fsp3) is 0.429. The van der Waals surface area contributed by atoms with Crippen molar-refractivity contribution < 1.29 is 19.4 Å². The van der Waals surface area contributed by atoms with Gasteiger partial charge in [-0.25, -0.2) is 4.79 Å². The SMILES string of the molecule is COc1ccc(C2(C(N)=O)CCN(C(=O)O)CC2)cc1. The molecule has 2 rings (SSSR count). The molecule has 0 spiro atoms. The molecule has 0 aliphatic carbocycles. The highest BCUT2D eigenvalue weighted by Gasteiger charge is 2.42. The van der Waals surface area contributed by atoms with E-state index in [0.29, 0.717) is 31.7 Å². The average Bonchev–Trinajstić information content (AvgIpc) is 2.47. The molecular formula is C14H18N2O4. The number of nitrogens with two attached hydrogens (primary N) is 1. The molecule has 1 aliphatic rings. The number of amides is 2. The van der Waals surface area contributed by atoms with Crippen molar-refractivity contribution in [2.24, 2.45) is 5.73 Å². The van der Waals surface area contributed by atoms with Crippen molar-refractivity contribution in [3.05, 3.63) is 29.8 Å². The lowest BCUT2D eigenvalue weighted by molar-refractivity contribution is -0.125. The molecule has 1 fully saturated rings. The van der Waals surface area contributed by atoms with Crippen molar-refractivity contribution in [2.75, 3.05) is 20.2 Å². The predicted molar refractivity (Wildman–Crippen MR) is 72.7 cm³/mol. The highest BCUT2D eigenvalue weighted by Crippen LogP contribution is 2.36. The summed E-state index contributed by atoms with van der Waals surface area (Å²) < 4.78 is 5.10. The molecule has 0 atom stereocenters. The third-order valence-corrected chi connectivity index (χ3v) is 4.00. The molecule has 6 heteroatoms. The molecule has 1 saturated heterocycles. The zero-order chi connectivity index (χ0) is 14.8. The molecule has 0 aromatic heterocycles. The first kappa shape index (κ1) is 14.2. The van der Waals surface area contributed by atoms with Crippen LogP contribution in [0.5, 0.6) is 5.75 Å². The van der Waals surface area contributed by atoms with Gasteiger partial charge in [0.2, 0.25) is 5.91 Å². The van der Waals surface area contributed by atoms with Gasteiger partial charge in [0.15, 0.2) is 0 Å². The van der Waals surface area contributed by atoms with Gasteiger partial charge >= 0.3 is 6.09 Å². The maximum atomic E-state index is 11.9. The molecule has 1 aliphatic heterocycles. The van der Waals surface area contributed by atoms with Crippen LogP contribution in [0.3, 0.4) is 0 Å². The van der Waals surface area contributed by atoms with E-state index >= 15 is 0 Å². The highest BCUT2D eigenvalue weighted by atomic mass is 16.5. The first-order valence-corrected chi connectivity index (χ1v) is 6.42. The summed E-state index contributed by atoms with van der Waals surface area (Å²) in [5.41, 5.74) is 5.61. The van der Waals surface area contributed by atoms with E-state index in [0.717, 1.165) is 5.56 Å². The zero-order valence-corrected chi connectivity index (χ0v) is 11.3. The number of carbonyl (C=O) groups is 2. The van der Waals surface area contributed by atoms with Gasteiger partial charge in [-0.2, -0.15) is 0 Å². The second-order valence-electron chi connectivity index (χ2n) is 4.94. The van der Waals surface area contributed by atoms with Crippen LogP contribution in [0.2, 0.25) is 0 Å². The smallest absolute Gasteiger partial charge is 0.407 e. The lowest BCUT2D eigenvalue weighted by atomic mass is 9.72. The third-order valence-electron chi connectivity index (χ3n) is 4.00. The van der Waals surface area contributed by atoms with E-state index < -0.39 is 17.4 Å². The number of ether oxygens (including phenoxy) is 1. The molecule has 0 unspecified atom stereocenters. The second-order valence-corrected chi connectivity index (χ2v) is 4.94. The Kier molecular flexibility index (Phi) is 3.83. The maximum absolute atomic E-state index is 11.9. The highest BCUT2D eigenvalue weighted by molar-refractivity contribution is 5.87. The third kappa shape index (κ3) is 2.41. The molecule has 3 N–H and O–H groups in total. The van der Waals surface area contributed by atoms with Crippen molar-refractivity contribution in [1.29, 1.82) is 0 Å². The summed E-state index contributed by atoms with van der Waals surface area (Å²) in [7, 11) is 1.57. The summed E-state index contributed by atoms with van der Waals surface area (Å²) in [6.07, 6.45) is -0.153. The molecule has 2 amide bonds. The fourth-order valence-corrected chi connectivity index (χ4v) is 2.67. The summed E-state index contributed by atoms with van der Waals surface area (Å²) in [5, 5.41) is 8.98. The Morgan fingerprint density at radius 1 is 1.25 bits per heavy atom. The molecule has 108 valence electrons. The number of methoxy groups -OCH3 is 1. The second kappa shape index (κ2) is 5.40. The van der Waals surface area contributed by atoms with Crippen LogP contribution in [0, 0.1) is 0 Å². The summed E-state index contributed by atoms with van der Waals surface area (Å²) >= 11 is 0. The summed E-state index contributed by atoms with van der Waals surface area (Å²) in [5.74, 6) is 0.295. The molecule has 20 heavy (non-hydrogen) atoms. The number of carboxylic acid groups (broad SMARTS) is 1. The Morgan fingerprint density at radius 3 is 2.20 bits per heavy atom. The minimum absolute atomic E-state index is 0.310. The maximum Gasteiger partial charge on any atom is 0.407 e. The van der Waals surface area contributed by atoms with Gasteiger partial charge in [0.25, 0.3) is 0 Å². The van der Waals surface area contributed by atoms with Gasteiger partial charge in [0.05, 0.1) is 12.5 Å². The van der Waals surface area contributed by atoms with Crippen LogP contribution in [-0.2, 0) is 10.2 Å². The Hall–Kier alpha value is -2.24. The number of rotatable bonds is 3. The van der Waals surface area contributed by atoms with Crippen molar-refractivity contribution in [3.8, 4) is 5.75 Å². The molecule has 1 heterocycles. The van der Waals surface area contributed by atoms with E-state index in [-0.39, 0.29) is 0 Å². The summed E-state index contributed by atoms with van der Waals surface area (Å²) in [4.78, 5) is 24.2. The quantitative estimate of drug-likeness (QED) is 0.868. The lowest BCUT2D eigenvalue weighted by Gasteiger charge is -2.39. The van der Waals surface area contributed by atoms with Crippen LogP contribution in [0.25, 0.3) is 0 Å². The topological polar surface area (TPSA) is 92.9 Å². The van der Waals surface area contributed by atoms with Crippen LogP contribution in [-0.4, -0.2) is 42.2 Å². The number of carbonyl (C=O) groups excluding carboxylic acids is 1. The number of benzene rings is 1. The van der Waals surface area contributed by atoms with Crippen LogP contribution < -0.4 is 10.5 Å². The average molecular weight is 278 g/mol. The van der Waals surface area contributed by atoms with Crippen LogP contribution in [0.4, 0.5) is 4.79 Å². The van der Waals surface area contributed by atoms with Crippen LogP contribution in [0.15, 0.2) is 24.3 Å². The zero-order valence-electron chi connectivity index (χ0n) is 11.3. The first-order valence-electron chi connectivity index (χ1n) is 6.42. The summed E-state index contributed by atoms with van der Waals surface area (Å²) in [6.45, 7) is 0.620. The molecule has 6 nitrogen and oxygen atoms in total. The van der Waals surface area contributed by atoms with E-state index in [1.165, 1.54) is 4.90 Å². The number of likely N-dealkylation sites (tertiary alicyclic amines) is 1. The van der Waals surface area contributed by atoms with Crippen LogP contribution >= 0.6 is 0 Å². The van der Waals surface area contributed by atoms with Gasteiger partial charge in [-0.1, -0.05) is 12.1 Å². The first-order chi connectivity index (χ1) is 9.49. The van der Waals surface area contributed by atoms with E-state index in [2.05, 4.69) is 0 Å². The van der Waals surface area contributed by atoms with E-state index in [9.17, 15) is 9.59 Å². The normalized spacial score (nSPS) is 17.6. The number of nitrogens with zero attached hydrogens (tertiary/aromatic N) is 1.